The van der Waals surface area contributed by atoms with Crippen LogP contribution >= 0.6 is 11.6 Å². The third-order valence-electron chi connectivity index (χ3n) is 6.18. The lowest BCUT2D eigenvalue weighted by molar-refractivity contribution is 0.0730. The Labute approximate surface area is 192 Å². The molecule has 1 atom stereocenters. The van der Waals surface area contributed by atoms with Gasteiger partial charge in [0, 0.05) is 18.1 Å². The molecule has 1 aliphatic carbocycles. The standard InChI is InChI=1S/C23H26ClFN2O4S/c24-18-7-5-17(6-8-18)22(16-3-1-2-4-16)26-23(28)20-15-19(9-10-21(20)25)32(29,30)27-11-13-31-14-12-27/h5-10,15-16,22H,1-4,11-14H2,(H,26,28). The number of hydrogen-bond donors (Lipinski definition) is 1. The highest BCUT2D eigenvalue weighted by Gasteiger charge is 2.31. The molecule has 1 saturated carbocycles. The SMILES string of the molecule is O=C(NC(c1ccc(Cl)cc1)C1CCCC1)c1cc(S(=O)(=O)N2CCOCC2)ccc1F. The second-order valence-electron chi connectivity index (χ2n) is 8.21. The van der Waals surface area contributed by atoms with Gasteiger partial charge < -0.3 is 10.1 Å². The number of ether oxygens (including phenoxy) is 1. The Morgan fingerprint density at radius 1 is 1.09 bits per heavy atom. The summed E-state index contributed by atoms with van der Waals surface area (Å²) < 4.78 is 47.1. The topological polar surface area (TPSA) is 75.7 Å². The summed E-state index contributed by atoms with van der Waals surface area (Å²) in [6, 6.07) is 10.3. The number of amides is 1. The monoisotopic (exact) mass is 480 g/mol. The zero-order valence-corrected chi connectivity index (χ0v) is 19.2. The fraction of sp³-hybridized carbons (Fsp3) is 0.435. The van der Waals surface area contributed by atoms with Crippen LogP contribution in [0.25, 0.3) is 0 Å². The summed E-state index contributed by atoms with van der Waals surface area (Å²) in [5, 5.41) is 3.55. The van der Waals surface area contributed by atoms with E-state index in [9.17, 15) is 17.6 Å². The van der Waals surface area contributed by atoms with Gasteiger partial charge in [-0.25, -0.2) is 12.8 Å². The molecule has 32 heavy (non-hydrogen) atoms. The molecule has 0 radical (unpaired) electrons. The summed E-state index contributed by atoms with van der Waals surface area (Å²) in [6.07, 6.45) is 4.07. The van der Waals surface area contributed by atoms with Crippen molar-refractivity contribution < 1.29 is 22.3 Å². The quantitative estimate of drug-likeness (QED) is 0.673. The van der Waals surface area contributed by atoms with E-state index in [1.807, 2.05) is 12.1 Å². The van der Waals surface area contributed by atoms with Crippen molar-refractivity contribution in [3.8, 4) is 0 Å². The molecule has 0 aromatic heterocycles. The minimum Gasteiger partial charge on any atom is -0.379 e. The molecule has 1 N–H and O–H groups in total. The van der Waals surface area contributed by atoms with Crippen LogP contribution in [0.4, 0.5) is 4.39 Å². The van der Waals surface area contributed by atoms with Crippen molar-refractivity contribution in [2.45, 2.75) is 36.6 Å². The predicted octanol–water partition coefficient (Wildman–Crippen LogP) is 4.16. The molecule has 2 fully saturated rings. The van der Waals surface area contributed by atoms with E-state index in [-0.39, 0.29) is 35.5 Å². The minimum absolute atomic E-state index is 0.102. The van der Waals surface area contributed by atoms with Crippen LogP contribution in [0, 0.1) is 11.7 Å². The van der Waals surface area contributed by atoms with Crippen LogP contribution in [0.3, 0.4) is 0 Å². The highest BCUT2D eigenvalue weighted by molar-refractivity contribution is 7.89. The molecule has 2 aliphatic rings. The number of sulfonamides is 1. The maximum absolute atomic E-state index is 14.6. The molecular formula is C23H26ClFN2O4S. The molecule has 2 aromatic rings. The van der Waals surface area contributed by atoms with E-state index < -0.39 is 21.7 Å². The molecule has 1 aliphatic heterocycles. The van der Waals surface area contributed by atoms with E-state index in [0.29, 0.717) is 18.2 Å². The lowest BCUT2D eigenvalue weighted by Crippen LogP contribution is -2.40. The number of carbonyl (C=O) groups excluding carboxylic acids is 1. The van der Waals surface area contributed by atoms with Gasteiger partial charge in [-0.3, -0.25) is 4.79 Å². The molecule has 6 nitrogen and oxygen atoms in total. The van der Waals surface area contributed by atoms with E-state index in [4.69, 9.17) is 16.3 Å². The largest absolute Gasteiger partial charge is 0.379 e. The average molecular weight is 481 g/mol. The molecular weight excluding hydrogens is 455 g/mol. The molecule has 0 bridgehead atoms. The summed E-state index contributed by atoms with van der Waals surface area (Å²) in [5.41, 5.74) is 0.614. The summed E-state index contributed by atoms with van der Waals surface area (Å²) >= 11 is 6.02. The summed E-state index contributed by atoms with van der Waals surface area (Å²) in [7, 11) is -3.84. The van der Waals surface area contributed by atoms with Crippen molar-refractivity contribution in [3.05, 3.63) is 64.4 Å². The van der Waals surface area contributed by atoms with E-state index >= 15 is 0 Å². The molecule has 1 heterocycles. The Morgan fingerprint density at radius 2 is 1.75 bits per heavy atom. The van der Waals surface area contributed by atoms with Gasteiger partial charge in [0.25, 0.3) is 5.91 Å². The van der Waals surface area contributed by atoms with Gasteiger partial charge >= 0.3 is 0 Å². The predicted molar refractivity (Wildman–Crippen MR) is 120 cm³/mol. The first-order valence-electron chi connectivity index (χ1n) is 10.8. The first-order valence-corrected chi connectivity index (χ1v) is 12.6. The van der Waals surface area contributed by atoms with Crippen LogP contribution < -0.4 is 5.32 Å². The third-order valence-corrected chi connectivity index (χ3v) is 8.32. The number of benzene rings is 2. The molecule has 9 heteroatoms. The Bertz CT molecular complexity index is 1070. The van der Waals surface area contributed by atoms with Crippen molar-refractivity contribution in [2.24, 2.45) is 5.92 Å². The number of morpholine rings is 1. The first kappa shape index (κ1) is 23.2. The smallest absolute Gasteiger partial charge is 0.254 e. The number of halogens is 2. The fourth-order valence-corrected chi connectivity index (χ4v) is 5.99. The Hall–Kier alpha value is -2.00. The van der Waals surface area contributed by atoms with Crippen molar-refractivity contribution in [1.82, 2.24) is 9.62 Å². The van der Waals surface area contributed by atoms with Gasteiger partial charge in [0.1, 0.15) is 5.82 Å². The van der Waals surface area contributed by atoms with Crippen LogP contribution in [-0.2, 0) is 14.8 Å². The fourth-order valence-electron chi connectivity index (χ4n) is 4.43. The number of nitrogens with one attached hydrogen (secondary N) is 1. The normalized spacial score (nSPS) is 19.1. The van der Waals surface area contributed by atoms with Gasteiger partial charge in [0.2, 0.25) is 10.0 Å². The molecule has 2 aromatic carbocycles. The Morgan fingerprint density at radius 3 is 2.41 bits per heavy atom. The second kappa shape index (κ2) is 9.87. The molecule has 1 saturated heterocycles. The minimum atomic E-state index is -3.84. The number of carbonyl (C=O) groups is 1. The average Bonchev–Trinajstić information content (AvgIpc) is 3.33. The molecule has 172 valence electrons. The maximum atomic E-state index is 14.6. The van der Waals surface area contributed by atoms with Crippen molar-refractivity contribution in [1.29, 1.82) is 0 Å². The Kier molecular flexibility index (Phi) is 7.14. The molecule has 1 amide bonds. The van der Waals surface area contributed by atoms with Crippen LogP contribution in [-0.4, -0.2) is 44.9 Å². The van der Waals surface area contributed by atoms with Gasteiger partial charge in [-0.15, -0.1) is 0 Å². The molecule has 1 unspecified atom stereocenters. The van der Waals surface area contributed by atoms with Crippen molar-refractivity contribution in [3.63, 3.8) is 0 Å². The zero-order chi connectivity index (χ0) is 22.7. The van der Waals surface area contributed by atoms with E-state index in [2.05, 4.69) is 5.32 Å². The lowest BCUT2D eigenvalue weighted by Gasteiger charge is -2.27. The van der Waals surface area contributed by atoms with Crippen molar-refractivity contribution >= 4 is 27.5 Å². The van der Waals surface area contributed by atoms with Gasteiger partial charge in [0.05, 0.1) is 29.7 Å². The maximum Gasteiger partial charge on any atom is 0.254 e. The first-order chi connectivity index (χ1) is 15.4. The van der Waals surface area contributed by atoms with Gasteiger partial charge in [-0.2, -0.15) is 4.31 Å². The van der Waals surface area contributed by atoms with Crippen LogP contribution in [0.5, 0.6) is 0 Å². The highest BCUT2D eigenvalue weighted by Crippen LogP contribution is 2.36. The van der Waals surface area contributed by atoms with Gasteiger partial charge in [0.15, 0.2) is 0 Å². The van der Waals surface area contributed by atoms with Gasteiger partial charge in [-0.1, -0.05) is 36.6 Å². The van der Waals surface area contributed by atoms with Crippen molar-refractivity contribution in [2.75, 3.05) is 26.3 Å². The third kappa shape index (κ3) is 4.98. The second-order valence-corrected chi connectivity index (χ2v) is 10.6. The van der Waals surface area contributed by atoms with Crippen LogP contribution in [0.2, 0.25) is 5.02 Å². The lowest BCUT2D eigenvalue weighted by atomic mass is 9.91. The van der Waals surface area contributed by atoms with E-state index in [0.717, 1.165) is 43.4 Å². The molecule has 4 rings (SSSR count). The van der Waals surface area contributed by atoms with Gasteiger partial charge in [-0.05, 0) is 54.7 Å². The zero-order valence-electron chi connectivity index (χ0n) is 17.6. The summed E-state index contributed by atoms with van der Waals surface area (Å²) in [4.78, 5) is 13.0. The number of nitrogens with zero attached hydrogens (tertiary/aromatic N) is 1. The van der Waals surface area contributed by atoms with E-state index in [1.54, 1.807) is 12.1 Å². The highest BCUT2D eigenvalue weighted by atomic mass is 35.5. The van der Waals surface area contributed by atoms with E-state index in [1.165, 1.54) is 10.4 Å². The summed E-state index contributed by atoms with van der Waals surface area (Å²) in [6.45, 7) is 1.05. The Balaban J connectivity index is 1.61. The number of rotatable bonds is 6. The summed E-state index contributed by atoms with van der Waals surface area (Å²) in [5.74, 6) is -1.17. The number of hydrogen-bond acceptors (Lipinski definition) is 4. The van der Waals surface area contributed by atoms with Crippen LogP contribution in [0.1, 0.15) is 47.6 Å². The molecule has 0 spiro atoms. The van der Waals surface area contributed by atoms with Crippen LogP contribution in [0.15, 0.2) is 47.4 Å².